The molecule has 5 nitrogen and oxygen atoms in total. The molecule has 2 N–H and O–H groups in total. The Morgan fingerprint density at radius 3 is 2.79 bits per heavy atom. The molecular weight excluding hydrogens is 302 g/mol. The van der Waals surface area contributed by atoms with E-state index in [1.165, 1.54) is 0 Å². The van der Waals surface area contributed by atoms with Gasteiger partial charge >= 0.3 is 0 Å². The van der Waals surface area contributed by atoms with Crippen LogP contribution in [-0.4, -0.2) is 24.0 Å². The SMILES string of the molecule is O=C(CCC1CCNCC1)Nc1cnccc1Oc1ccccc1. The lowest BCUT2D eigenvalue weighted by Gasteiger charge is -2.22. The number of carbonyl (C=O) groups is 1. The molecule has 126 valence electrons. The van der Waals surface area contributed by atoms with Crippen LogP contribution < -0.4 is 15.4 Å². The molecule has 1 aliphatic heterocycles. The van der Waals surface area contributed by atoms with Gasteiger partial charge in [-0.2, -0.15) is 0 Å². The first-order chi connectivity index (χ1) is 11.8. The number of aromatic nitrogens is 1. The fourth-order valence-corrected chi connectivity index (χ4v) is 2.90. The summed E-state index contributed by atoms with van der Waals surface area (Å²) in [5.41, 5.74) is 0.608. The molecular formula is C19H23N3O2. The van der Waals surface area contributed by atoms with Crippen LogP contribution in [-0.2, 0) is 4.79 Å². The lowest BCUT2D eigenvalue weighted by Crippen LogP contribution is -2.28. The quantitative estimate of drug-likeness (QED) is 0.852. The highest BCUT2D eigenvalue weighted by molar-refractivity contribution is 5.92. The van der Waals surface area contributed by atoms with E-state index in [9.17, 15) is 4.79 Å². The van der Waals surface area contributed by atoms with E-state index in [1.807, 2.05) is 30.3 Å². The molecule has 0 radical (unpaired) electrons. The summed E-state index contributed by atoms with van der Waals surface area (Å²) in [7, 11) is 0. The Labute approximate surface area is 142 Å². The summed E-state index contributed by atoms with van der Waals surface area (Å²) < 4.78 is 5.84. The molecule has 1 aliphatic rings. The van der Waals surface area contributed by atoms with Crippen molar-refractivity contribution in [3.63, 3.8) is 0 Å². The van der Waals surface area contributed by atoms with Crippen LogP contribution in [0.2, 0.25) is 0 Å². The number of anilines is 1. The molecule has 0 unspecified atom stereocenters. The number of amides is 1. The molecule has 1 aromatic carbocycles. The zero-order valence-corrected chi connectivity index (χ0v) is 13.7. The maximum Gasteiger partial charge on any atom is 0.224 e. The Kier molecular flexibility index (Phi) is 5.80. The number of pyridine rings is 1. The summed E-state index contributed by atoms with van der Waals surface area (Å²) >= 11 is 0. The van der Waals surface area contributed by atoms with Crippen LogP contribution in [0.3, 0.4) is 0 Å². The van der Waals surface area contributed by atoms with Crippen molar-refractivity contribution in [2.45, 2.75) is 25.7 Å². The molecule has 1 amide bonds. The monoisotopic (exact) mass is 325 g/mol. The molecule has 3 rings (SSSR count). The molecule has 0 atom stereocenters. The van der Waals surface area contributed by atoms with E-state index in [1.54, 1.807) is 18.5 Å². The number of nitrogens with one attached hydrogen (secondary N) is 2. The van der Waals surface area contributed by atoms with Crippen LogP contribution in [0.5, 0.6) is 11.5 Å². The van der Waals surface area contributed by atoms with E-state index >= 15 is 0 Å². The van der Waals surface area contributed by atoms with E-state index in [4.69, 9.17) is 4.74 Å². The van der Waals surface area contributed by atoms with Gasteiger partial charge in [-0.3, -0.25) is 9.78 Å². The van der Waals surface area contributed by atoms with Gasteiger partial charge in [-0.05, 0) is 50.4 Å². The normalized spacial score (nSPS) is 15.0. The van der Waals surface area contributed by atoms with Gasteiger partial charge in [-0.1, -0.05) is 18.2 Å². The van der Waals surface area contributed by atoms with Crippen molar-refractivity contribution in [2.75, 3.05) is 18.4 Å². The molecule has 1 aromatic heterocycles. The lowest BCUT2D eigenvalue weighted by molar-refractivity contribution is -0.116. The number of ether oxygens (including phenoxy) is 1. The van der Waals surface area contributed by atoms with Crippen LogP contribution in [0.25, 0.3) is 0 Å². The maximum atomic E-state index is 12.2. The first-order valence-corrected chi connectivity index (χ1v) is 8.49. The Morgan fingerprint density at radius 2 is 2.00 bits per heavy atom. The number of carbonyl (C=O) groups excluding carboxylic acids is 1. The topological polar surface area (TPSA) is 63.2 Å². The molecule has 0 spiro atoms. The molecule has 0 bridgehead atoms. The average molecular weight is 325 g/mol. The average Bonchev–Trinajstić information content (AvgIpc) is 2.63. The van der Waals surface area contributed by atoms with Crippen molar-refractivity contribution < 1.29 is 9.53 Å². The van der Waals surface area contributed by atoms with Crippen molar-refractivity contribution >= 4 is 11.6 Å². The van der Waals surface area contributed by atoms with Crippen LogP contribution in [0.4, 0.5) is 5.69 Å². The maximum absolute atomic E-state index is 12.2. The summed E-state index contributed by atoms with van der Waals surface area (Å²) in [6.45, 7) is 2.12. The third-order valence-corrected chi connectivity index (χ3v) is 4.26. The zero-order chi connectivity index (χ0) is 16.6. The second kappa shape index (κ2) is 8.45. The number of rotatable bonds is 6. The van der Waals surface area contributed by atoms with Crippen molar-refractivity contribution in [3.8, 4) is 11.5 Å². The van der Waals surface area contributed by atoms with Crippen LogP contribution in [0.15, 0.2) is 48.8 Å². The molecule has 1 fully saturated rings. The largest absolute Gasteiger partial charge is 0.455 e. The van der Waals surface area contributed by atoms with Crippen LogP contribution in [0.1, 0.15) is 25.7 Å². The van der Waals surface area contributed by atoms with Crippen molar-refractivity contribution in [1.29, 1.82) is 0 Å². The first kappa shape index (κ1) is 16.5. The zero-order valence-electron chi connectivity index (χ0n) is 13.7. The molecule has 0 saturated carbocycles. The summed E-state index contributed by atoms with van der Waals surface area (Å²) in [5, 5.41) is 6.28. The van der Waals surface area contributed by atoms with Gasteiger partial charge in [0.2, 0.25) is 5.91 Å². The third kappa shape index (κ3) is 4.80. The molecule has 1 saturated heterocycles. The Balaban J connectivity index is 1.57. The van der Waals surface area contributed by atoms with E-state index in [0.29, 0.717) is 23.8 Å². The van der Waals surface area contributed by atoms with Gasteiger partial charge < -0.3 is 15.4 Å². The number of benzene rings is 1. The molecule has 24 heavy (non-hydrogen) atoms. The lowest BCUT2D eigenvalue weighted by atomic mass is 9.93. The van der Waals surface area contributed by atoms with Crippen LogP contribution >= 0.6 is 0 Å². The Morgan fingerprint density at radius 1 is 1.21 bits per heavy atom. The third-order valence-electron chi connectivity index (χ3n) is 4.26. The molecule has 0 aliphatic carbocycles. The predicted molar refractivity (Wildman–Crippen MR) is 94.2 cm³/mol. The van der Waals surface area contributed by atoms with Gasteiger partial charge in [-0.15, -0.1) is 0 Å². The van der Waals surface area contributed by atoms with Crippen molar-refractivity contribution in [2.24, 2.45) is 5.92 Å². The minimum absolute atomic E-state index is 0.0134. The standard InChI is InChI=1S/C19H23N3O2/c23-19(7-6-15-8-11-20-12-9-15)22-17-14-21-13-10-18(17)24-16-4-2-1-3-5-16/h1-5,10,13-15,20H,6-9,11-12H2,(H,22,23). The fraction of sp³-hybridized carbons (Fsp3) is 0.368. The van der Waals surface area contributed by atoms with Crippen LogP contribution in [0, 0.1) is 5.92 Å². The van der Waals surface area contributed by atoms with E-state index < -0.39 is 0 Å². The number of hydrogen-bond acceptors (Lipinski definition) is 4. The summed E-state index contributed by atoms with van der Waals surface area (Å²) in [6, 6.07) is 11.3. The highest BCUT2D eigenvalue weighted by atomic mass is 16.5. The van der Waals surface area contributed by atoms with E-state index in [2.05, 4.69) is 15.6 Å². The first-order valence-electron chi connectivity index (χ1n) is 8.49. The summed E-state index contributed by atoms with van der Waals surface area (Å²) in [6.07, 6.45) is 7.06. The summed E-state index contributed by atoms with van der Waals surface area (Å²) in [5.74, 6) is 1.99. The number of hydrogen-bond donors (Lipinski definition) is 2. The fourth-order valence-electron chi connectivity index (χ4n) is 2.90. The predicted octanol–water partition coefficient (Wildman–Crippen LogP) is 3.59. The highest BCUT2D eigenvalue weighted by Gasteiger charge is 2.15. The number of piperidine rings is 1. The smallest absolute Gasteiger partial charge is 0.224 e. The Hall–Kier alpha value is -2.40. The van der Waals surface area contributed by atoms with Gasteiger partial charge in [0.05, 0.1) is 6.20 Å². The van der Waals surface area contributed by atoms with Crippen molar-refractivity contribution in [3.05, 3.63) is 48.8 Å². The second-order valence-electron chi connectivity index (χ2n) is 6.07. The molecule has 2 heterocycles. The summed E-state index contributed by atoms with van der Waals surface area (Å²) in [4.78, 5) is 16.3. The van der Waals surface area contributed by atoms with E-state index in [-0.39, 0.29) is 5.91 Å². The van der Waals surface area contributed by atoms with Gasteiger partial charge in [0.1, 0.15) is 11.4 Å². The number of para-hydroxylation sites is 1. The van der Waals surface area contributed by atoms with Gasteiger partial charge in [0.25, 0.3) is 0 Å². The van der Waals surface area contributed by atoms with Gasteiger partial charge in [-0.25, -0.2) is 0 Å². The van der Waals surface area contributed by atoms with E-state index in [0.717, 1.165) is 38.1 Å². The van der Waals surface area contributed by atoms with Gasteiger partial charge in [0.15, 0.2) is 5.75 Å². The molecule has 2 aromatic rings. The second-order valence-corrected chi connectivity index (χ2v) is 6.07. The highest BCUT2D eigenvalue weighted by Crippen LogP contribution is 2.28. The number of nitrogens with zero attached hydrogens (tertiary/aromatic N) is 1. The minimum Gasteiger partial charge on any atom is -0.455 e. The Bertz CT molecular complexity index is 655. The molecule has 5 heteroatoms. The minimum atomic E-state index is 0.0134. The van der Waals surface area contributed by atoms with Crippen molar-refractivity contribution in [1.82, 2.24) is 10.3 Å². The van der Waals surface area contributed by atoms with Gasteiger partial charge in [0, 0.05) is 18.7 Å².